The van der Waals surface area contributed by atoms with Crippen molar-refractivity contribution in [2.24, 2.45) is 0 Å². The second kappa shape index (κ2) is 10.0. The van der Waals surface area contributed by atoms with Crippen LogP contribution in [0.5, 0.6) is 0 Å². The molecule has 9 heteroatoms. The summed E-state index contributed by atoms with van der Waals surface area (Å²) < 4.78 is 21.7. The molecule has 3 aromatic rings. The molecule has 0 bridgehead atoms. The second-order valence-electron chi connectivity index (χ2n) is 8.39. The van der Waals surface area contributed by atoms with Gasteiger partial charge in [0.1, 0.15) is 11.6 Å². The summed E-state index contributed by atoms with van der Waals surface area (Å²) in [5.41, 5.74) is 1.17. The first-order chi connectivity index (χ1) is 16.2. The maximum absolute atomic E-state index is 12.9. The van der Waals surface area contributed by atoms with Crippen LogP contribution in [0.15, 0.2) is 53.1 Å². The summed E-state index contributed by atoms with van der Waals surface area (Å²) >= 11 is 1.36. The first-order valence-electron chi connectivity index (χ1n) is 11.4. The van der Waals surface area contributed by atoms with E-state index in [1.807, 2.05) is 35.2 Å². The zero-order valence-electron chi connectivity index (χ0n) is 18.5. The quantitative estimate of drug-likeness (QED) is 0.501. The molecule has 0 saturated carbocycles. The van der Waals surface area contributed by atoms with Crippen molar-refractivity contribution in [1.29, 1.82) is 0 Å². The third kappa shape index (κ3) is 5.43. The van der Waals surface area contributed by atoms with E-state index in [2.05, 4.69) is 21.4 Å². The topological polar surface area (TPSA) is 80.9 Å². The average Bonchev–Trinajstić information content (AvgIpc) is 3.61. The van der Waals surface area contributed by atoms with Crippen molar-refractivity contribution in [2.45, 2.75) is 38.0 Å². The molecule has 2 fully saturated rings. The van der Waals surface area contributed by atoms with Gasteiger partial charge in [-0.1, -0.05) is 30.3 Å². The summed E-state index contributed by atoms with van der Waals surface area (Å²) in [6.45, 7) is 3.71. The standard InChI is InChI=1S/C24H28N4O4S/c29-22(27-12-9-24(10-13-27)31-15-16-32-24)8-11-28(18-20-7-4-14-30-20)23-25-21(26-33-23)17-19-5-2-1-3-6-19/h1-7,14H,8-13,15-18H2. The van der Waals surface area contributed by atoms with Gasteiger partial charge in [-0.15, -0.1) is 0 Å². The van der Waals surface area contributed by atoms with Gasteiger partial charge in [-0.3, -0.25) is 4.79 Å². The molecule has 8 nitrogen and oxygen atoms in total. The van der Waals surface area contributed by atoms with Gasteiger partial charge in [-0.25, -0.2) is 4.98 Å². The number of amides is 1. The molecular weight excluding hydrogens is 440 g/mol. The van der Waals surface area contributed by atoms with E-state index in [4.69, 9.17) is 18.9 Å². The number of nitrogens with zero attached hydrogens (tertiary/aromatic N) is 4. The summed E-state index contributed by atoms with van der Waals surface area (Å²) in [5.74, 6) is 1.29. The fourth-order valence-corrected chi connectivity index (χ4v) is 5.04. The maximum atomic E-state index is 12.9. The summed E-state index contributed by atoms with van der Waals surface area (Å²) in [4.78, 5) is 21.7. The normalized spacial score (nSPS) is 17.5. The fraction of sp³-hybridized carbons (Fsp3) is 0.458. The molecule has 0 atom stereocenters. The van der Waals surface area contributed by atoms with Gasteiger partial charge in [0, 0.05) is 56.9 Å². The van der Waals surface area contributed by atoms with E-state index in [1.165, 1.54) is 17.1 Å². The molecule has 1 spiro atoms. The molecule has 2 aliphatic rings. The van der Waals surface area contributed by atoms with Crippen molar-refractivity contribution in [3.63, 3.8) is 0 Å². The highest BCUT2D eigenvalue weighted by molar-refractivity contribution is 7.09. The molecule has 1 amide bonds. The van der Waals surface area contributed by atoms with Gasteiger partial charge in [0.2, 0.25) is 11.0 Å². The third-order valence-electron chi connectivity index (χ3n) is 6.15. The number of carbonyl (C=O) groups is 1. The highest BCUT2D eigenvalue weighted by Crippen LogP contribution is 2.31. The highest BCUT2D eigenvalue weighted by Gasteiger charge is 2.40. The number of likely N-dealkylation sites (tertiary alicyclic amines) is 1. The van der Waals surface area contributed by atoms with Gasteiger partial charge in [0.15, 0.2) is 5.79 Å². The second-order valence-corrected chi connectivity index (χ2v) is 9.13. The SMILES string of the molecule is O=C(CCN(Cc1ccco1)c1nc(Cc2ccccc2)ns1)N1CCC2(CC1)OCCO2. The number of hydrogen-bond acceptors (Lipinski definition) is 8. The molecule has 4 heterocycles. The highest BCUT2D eigenvalue weighted by atomic mass is 32.1. The summed E-state index contributed by atoms with van der Waals surface area (Å²) in [6, 6.07) is 14.0. The van der Waals surface area contributed by atoms with Crippen LogP contribution in [-0.2, 0) is 27.2 Å². The molecule has 5 rings (SSSR count). The van der Waals surface area contributed by atoms with E-state index < -0.39 is 5.79 Å². The van der Waals surface area contributed by atoms with Crippen molar-refractivity contribution >= 4 is 22.6 Å². The Hall–Kier alpha value is -2.75. The Morgan fingerprint density at radius 1 is 1.09 bits per heavy atom. The van der Waals surface area contributed by atoms with Crippen LogP contribution >= 0.6 is 11.5 Å². The lowest BCUT2D eigenvalue weighted by Crippen LogP contribution is -2.47. The number of ether oxygens (including phenoxy) is 2. The first kappa shape index (κ1) is 22.1. The minimum atomic E-state index is -0.468. The third-order valence-corrected chi connectivity index (χ3v) is 6.96. The smallest absolute Gasteiger partial charge is 0.224 e. The molecule has 174 valence electrons. The largest absolute Gasteiger partial charge is 0.467 e. The zero-order chi connectivity index (χ0) is 22.5. The number of aromatic nitrogens is 2. The average molecular weight is 469 g/mol. The van der Waals surface area contributed by atoms with Crippen LogP contribution in [0.2, 0.25) is 0 Å². The van der Waals surface area contributed by atoms with Crippen LogP contribution in [-0.4, -0.2) is 58.8 Å². The Balaban J connectivity index is 1.21. The van der Waals surface area contributed by atoms with Gasteiger partial charge in [0.05, 0.1) is 26.0 Å². The van der Waals surface area contributed by atoms with Crippen LogP contribution < -0.4 is 4.90 Å². The van der Waals surface area contributed by atoms with E-state index in [0.29, 0.717) is 52.2 Å². The van der Waals surface area contributed by atoms with Gasteiger partial charge < -0.3 is 23.7 Å². The molecule has 0 N–H and O–H groups in total. The van der Waals surface area contributed by atoms with E-state index in [1.54, 1.807) is 6.26 Å². The summed E-state index contributed by atoms with van der Waals surface area (Å²) in [6.07, 6.45) is 4.21. The Bertz CT molecular complexity index is 1020. The van der Waals surface area contributed by atoms with E-state index >= 15 is 0 Å². The number of anilines is 1. The number of rotatable bonds is 8. The van der Waals surface area contributed by atoms with Gasteiger partial charge in [-0.05, 0) is 17.7 Å². The van der Waals surface area contributed by atoms with Crippen molar-refractivity contribution in [3.05, 3.63) is 65.9 Å². The van der Waals surface area contributed by atoms with Gasteiger partial charge in [0.25, 0.3) is 0 Å². The van der Waals surface area contributed by atoms with E-state index in [9.17, 15) is 4.79 Å². The van der Waals surface area contributed by atoms with Crippen LogP contribution in [0.4, 0.5) is 5.13 Å². The fourth-order valence-electron chi connectivity index (χ4n) is 4.33. The van der Waals surface area contributed by atoms with Crippen molar-refractivity contribution in [1.82, 2.24) is 14.3 Å². The lowest BCUT2D eigenvalue weighted by atomic mass is 10.0. The molecule has 0 aliphatic carbocycles. The Labute approximate surface area is 197 Å². The zero-order valence-corrected chi connectivity index (χ0v) is 19.3. The summed E-state index contributed by atoms with van der Waals surface area (Å²) in [5, 5.41) is 0.801. The van der Waals surface area contributed by atoms with Crippen LogP contribution in [0.25, 0.3) is 0 Å². The molecule has 0 radical (unpaired) electrons. The minimum absolute atomic E-state index is 0.140. The first-order valence-corrected chi connectivity index (χ1v) is 12.2. The Morgan fingerprint density at radius 3 is 2.61 bits per heavy atom. The molecule has 1 aromatic carbocycles. The molecule has 2 aliphatic heterocycles. The number of benzene rings is 1. The minimum Gasteiger partial charge on any atom is -0.467 e. The maximum Gasteiger partial charge on any atom is 0.224 e. The predicted molar refractivity (Wildman–Crippen MR) is 124 cm³/mol. The molecule has 2 saturated heterocycles. The van der Waals surface area contributed by atoms with Gasteiger partial charge in [-0.2, -0.15) is 4.37 Å². The predicted octanol–water partition coefficient (Wildman–Crippen LogP) is 3.48. The number of hydrogen-bond donors (Lipinski definition) is 0. The lowest BCUT2D eigenvalue weighted by Gasteiger charge is -2.37. The number of piperidine rings is 1. The molecule has 2 aromatic heterocycles. The van der Waals surface area contributed by atoms with Crippen LogP contribution in [0, 0.1) is 0 Å². The van der Waals surface area contributed by atoms with Gasteiger partial charge >= 0.3 is 0 Å². The van der Waals surface area contributed by atoms with Crippen LogP contribution in [0.1, 0.15) is 36.4 Å². The molecular formula is C24H28N4O4S. The lowest BCUT2D eigenvalue weighted by molar-refractivity contribution is -0.187. The number of carbonyl (C=O) groups excluding carboxylic acids is 1. The monoisotopic (exact) mass is 468 g/mol. The molecule has 0 unspecified atom stereocenters. The van der Waals surface area contributed by atoms with Crippen LogP contribution in [0.3, 0.4) is 0 Å². The van der Waals surface area contributed by atoms with E-state index in [0.717, 1.165) is 29.6 Å². The Morgan fingerprint density at radius 2 is 1.88 bits per heavy atom. The van der Waals surface area contributed by atoms with Crippen molar-refractivity contribution in [2.75, 3.05) is 37.7 Å². The Kier molecular flexibility index (Phi) is 6.70. The van der Waals surface area contributed by atoms with E-state index in [-0.39, 0.29) is 5.91 Å². The number of furan rings is 1. The molecule has 33 heavy (non-hydrogen) atoms. The van der Waals surface area contributed by atoms with Crippen molar-refractivity contribution < 1.29 is 18.7 Å². The summed E-state index contributed by atoms with van der Waals surface area (Å²) in [7, 11) is 0. The van der Waals surface area contributed by atoms with Crippen molar-refractivity contribution in [3.8, 4) is 0 Å².